The summed E-state index contributed by atoms with van der Waals surface area (Å²) < 4.78 is 0. The normalized spacial score (nSPS) is 10.8. The Morgan fingerprint density at radius 2 is 1.88 bits per heavy atom. The molecule has 0 bridgehead atoms. The maximum absolute atomic E-state index is 7.20. The van der Waals surface area contributed by atoms with Gasteiger partial charge in [0.1, 0.15) is 0 Å². The van der Waals surface area contributed by atoms with Gasteiger partial charge in [-0.15, -0.1) is 0 Å². The van der Waals surface area contributed by atoms with Crippen LogP contribution in [0.5, 0.6) is 0 Å². The number of hydrogen-bond acceptors (Lipinski definition) is 2. The van der Waals surface area contributed by atoms with Gasteiger partial charge in [0.25, 0.3) is 0 Å². The fraction of sp³-hybridized carbons (Fsp3) is 0.462. The zero-order valence-corrected chi connectivity index (χ0v) is 10.4. The number of rotatable bonds is 5. The van der Waals surface area contributed by atoms with Gasteiger partial charge in [0.2, 0.25) is 0 Å². The molecule has 1 aromatic carbocycles. The summed E-state index contributed by atoms with van der Waals surface area (Å²) in [6.07, 6.45) is 0.640. The van der Waals surface area contributed by atoms with Crippen LogP contribution >= 0.6 is 0 Å². The summed E-state index contributed by atoms with van der Waals surface area (Å²) in [4.78, 5) is 2.21. The zero-order chi connectivity index (χ0) is 12.1. The van der Waals surface area contributed by atoms with Gasteiger partial charge in [-0.25, -0.2) is 0 Å². The van der Waals surface area contributed by atoms with Gasteiger partial charge in [-0.2, -0.15) is 0 Å². The Morgan fingerprint density at radius 3 is 2.38 bits per heavy atom. The second-order valence-electron chi connectivity index (χ2n) is 4.38. The molecule has 88 valence electrons. The van der Waals surface area contributed by atoms with Gasteiger partial charge in [-0.05, 0) is 37.6 Å². The molecule has 0 saturated heterocycles. The number of benzene rings is 1. The minimum absolute atomic E-state index is 0.258. The van der Waals surface area contributed by atoms with Crippen molar-refractivity contribution >= 4 is 5.84 Å². The predicted octanol–water partition coefficient (Wildman–Crippen LogP) is 2.06. The molecule has 3 nitrogen and oxygen atoms in total. The lowest BCUT2D eigenvalue weighted by molar-refractivity contribution is 0.335. The number of nitrogens with one attached hydrogen (secondary N) is 1. The molecule has 1 aromatic rings. The zero-order valence-electron chi connectivity index (χ0n) is 10.4. The summed E-state index contributed by atoms with van der Waals surface area (Å²) in [5.41, 5.74) is 9.39. The Balaban J connectivity index is 2.62. The van der Waals surface area contributed by atoms with E-state index in [0.717, 1.165) is 13.1 Å². The van der Waals surface area contributed by atoms with Crippen molar-refractivity contribution in [2.75, 3.05) is 13.6 Å². The van der Waals surface area contributed by atoms with Crippen molar-refractivity contribution in [2.24, 2.45) is 5.73 Å². The maximum Gasteiger partial charge on any atom is 0.0918 e. The standard InChI is InChI=1S/C13H21N3/c1-10-5-4-6-11(2)12(10)9-16(3)8-7-13(14)15/h4-6H,7-9H2,1-3H3,(H3,14,15). The monoisotopic (exact) mass is 219 g/mol. The molecule has 0 amide bonds. The topological polar surface area (TPSA) is 53.1 Å². The van der Waals surface area contributed by atoms with Crippen molar-refractivity contribution in [3.63, 3.8) is 0 Å². The second kappa shape index (κ2) is 5.66. The summed E-state index contributed by atoms with van der Waals surface area (Å²) in [6.45, 7) is 6.04. The molecule has 3 N–H and O–H groups in total. The highest BCUT2D eigenvalue weighted by molar-refractivity contribution is 5.76. The van der Waals surface area contributed by atoms with E-state index in [1.165, 1.54) is 16.7 Å². The van der Waals surface area contributed by atoms with Gasteiger partial charge in [-0.3, -0.25) is 5.41 Å². The Hall–Kier alpha value is -1.35. The third-order valence-corrected chi connectivity index (χ3v) is 2.84. The van der Waals surface area contributed by atoms with Crippen LogP contribution in [-0.2, 0) is 6.54 Å². The molecule has 0 atom stereocenters. The van der Waals surface area contributed by atoms with E-state index in [-0.39, 0.29) is 5.84 Å². The van der Waals surface area contributed by atoms with Crippen molar-refractivity contribution in [2.45, 2.75) is 26.8 Å². The SMILES string of the molecule is Cc1cccc(C)c1CN(C)CCC(=N)N. The average molecular weight is 219 g/mol. The van der Waals surface area contributed by atoms with E-state index in [0.29, 0.717) is 6.42 Å². The Labute approximate surface area is 97.8 Å². The van der Waals surface area contributed by atoms with Crippen LogP contribution in [0, 0.1) is 19.3 Å². The fourth-order valence-electron chi connectivity index (χ4n) is 1.76. The van der Waals surface area contributed by atoms with Crippen molar-refractivity contribution in [1.29, 1.82) is 5.41 Å². The first-order chi connectivity index (χ1) is 7.50. The molecule has 0 spiro atoms. The summed E-state index contributed by atoms with van der Waals surface area (Å²) in [5, 5.41) is 7.20. The average Bonchev–Trinajstić information content (AvgIpc) is 2.21. The van der Waals surface area contributed by atoms with Crippen LogP contribution in [-0.4, -0.2) is 24.3 Å². The molecular weight excluding hydrogens is 198 g/mol. The molecule has 0 heterocycles. The van der Waals surface area contributed by atoms with E-state index in [2.05, 4.69) is 44.0 Å². The largest absolute Gasteiger partial charge is 0.388 e. The van der Waals surface area contributed by atoms with Crippen molar-refractivity contribution < 1.29 is 0 Å². The van der Waals surface area contributed by atoms with Gasteiger partial charge in [0.15, 0.2) is 0 Å². The lowest BCUT2D eigenvalue weighted by Crippen LogP contribution is -2.24. The second-order valence-corrected chi connectivity index (χ2v) is 4.38. The first kappa shape index (κ1) is 12.7. The molecule has 3 heteroatoms. The first-order valence-corrected chi connectivity index (χ1v) is 5.57. The summed E-state index contributed by atoms with van der Waals surface area (Å²) in [7, 11) is 2.06. The molecule has 1 rings (SSSR count). The van der Waals surface area contributed by atoms with E-state index in [9.17, 15) is 0 Å². The third kappa shape index (κ3) is 3.66. The molecule has 16 heavy (non-hydrogen) atoms. The lowest BCUT2D eigenvalue weighted by atomic mass is 10.0. The lowest BCUT2D eigenvalue weighted by Gasteiger charge is -2.19. The van der Waals surface area contributed by atoms with Crippen LogP contribution < -0.4 is 5.73 Å². The first-order valence-electron chi connectivity index (χ1n) is 5.57. The van der Waals surface area contributed by atoms with E-state index in [1.807, 2.05) is 0 Å². The Kier molecular flexibility index (Phi) is 4.50. The van der Waals surface area contributed by atoms with Crippen LogP contribution in [0.4, 0.5) is 0 Å². The number of nitrogens with two attached hydrogens (primary N) is 1. The van der Waals surface area contributed by atoms with E-state index < -0.39 is 0 Å². The summed E-state index contributed by atoms with van der Waals surface area (Å²) >= 11 is 0. The van der Waals surface area contributed by atoms with Gasteiger partial charge < -0.3 is 10.6 Å². The van der Waals surface area contributed by atoms with Gasteiger partial charge in [0, 0.05) is 19.5 Å². The number of nitrogens with zero attached hydrogens (tertiary/aromatic N) is 1. The molecule has 0 aromatic heterocycles. The van der Waals surface area contributed by atoms with Gasteiger partial charge in [0.05, 0.1) is 5.84 Å². The molecule has 0 radical (unpaired) electrons. The van der Waals surface area contributed by atoms with Crippen molar-refractivity contribution in [3.05, 3.63) is 34.9 Å². The maximum atomic E-state index is 7.20. The smallest absolute Gasteiger partial charge is 0.0918 e. The van der Waals surface area contributed by atoms with E-state index in [1.54, 1.807) is 0 Å². The van der Waals surface area contributed by atoms with Crippen LogP contribution in [0.3, 0.4) is 0 Å². The van der Waals surface area contributed by atoms with Gasteiger partial charge >= 0.3 is 0 Å². The summed E-state index contributed by atoms with van der Waals surface area (Å²) in [5.74, 6) is 0.258. The fourth-order valence-corrected chi connectivity index (χ4v) is 1.76. The molecule has 0 fully saturated rings. The summed E-state index contributed by atoms with van der Waals surface area (Å²) in [6, 6.07) is 6.37. The molecule has 0 aliphatic rings. The van der Waals surface area contributed by atoms with Crippen molar-refractivity contribution in [3.8, 4) is 0 Å². The van der Waals surface area contributed by atoms with Crippen LogP contribution in [0.25, 0.3) is 0 Å². The molecule has 0 unspecified atom stereocenters. The molecule has 0 aliphatic carbocycles. The molecule has 0 aliphatic heterocycles. The number of hydrogen-bond donors (Lipinski definition) is 2. The highest BCUT2D eigenvalue weighted by atomic mass is 15.1. The Morgan fingerprint density at radius 1 is 1.31 bits per heavy atom. The minimum Gasteiger partial charge on any atom is -0.388 e. The highest BCUT2D eigenvalue weighted by Crippen LogP contribution is 2.15. The third-order valence-electron chi connectivity index (χ3n) is 2.84. The number of amidine groups is 1. The molecular formula is C13H21N3. The van der Waals surface area contributed by atoms with Gasteiger partial charge in [-0.1, -0.05) is 18.2 Å². The highest BCUT2D eigenvalue weighted by Gasteiger charge is 2.06. The van der Waals surface area contributed by atoms with Crippen LogP contribution in [0.2, 0.25) is 0 Å². The minimum atomic E-state index is 0.258. The van der Waals surface area contributed by atoms with E-state index in [4.69, 9.17) is 11.1 Å². The van der Waals surface area contributed by atoms with Crippen molar-refractivity contribution in [1.82, 2.24) is 4.90 Å². The van der Waals surface area contributed by atoms with Crippen LogP contribution in [0.15, 0.2) is 18.2 Å². The molecule has 0 saturated carbocycles. The predicted molar refractivity (Wildman–Crippen MR) is 68.8 cm³/mol. The number of aryl methyl sites for hydroxylation is 2. The van der Waals surface area contributed by atoms with Crippen LogP contribution in [0.1, 0.15) is 23.1 Å². The Bertz CT molecular complexity index is 351. The van der Waals surface area contributed by atoms with E-state index >= 15 is 0 Å². The quantitative estimate of drug-likeness (QED) is 0.588.